The molecule has 2 rings (SSSR count). The smallest absolute Gasteiger partial charge is 0.310 e. The van der Waals surface area contributed by atoms with Crippen molar-refractivity contribution < 1.29 is 13.9 Å². The maximum atomic E-state index is 12.0. The van der Waals surface area contributed by atoms with Gasteiger partial charge in [-0.1, -0.05) is 0 Å². The van der Waals surface area contributed by atoms with E-state index in [4.69, 9.17) is 9.15 Å². The van der Waals surface area contributed by atoms with Crippen LogP contribution in [0.3, 0.4) is 0 Å². The highest BCUT2D eigenvalue weighted by molar-refractivity contribution is 14.0. The number of piperidine rings is 1. The number of ether oxygens (including phenoxy) is 1. The van der Waals surface area contributed by atoms with Gasteiger partial charge in [0.15, 0.2) is 5.96 Å². The summed E-state index contributed by atoms with van der Waals surface area (Å²) < 4.78 is 10.5. The number of hydrogen-bond acceptors (Lipinski definition) is 4. The summed E-state index contributed by atoms with van der Waals surface area (Å²) in [5.74, 6) is 1.65. The molecule has 1 aromatic heterocycles. The number of carbonyl (C=O) groups excluding carboxylic acids is 1. The first-order valence-corrected chi connectivity index (χ1v) is 8.46. The van der Waals surface area contributed by atoms with E-state index >= 15 is 0 Å². The molecule has 0 aromatic carbocycles. The van der Waals surface area contributed by atoms with Crippen LogP contribution >= 0.6 is 24.0 Å². The van der Waals surface area contributed by atoms with E-state index in [9.17, 15) is 4.79 Å². The number of furan rings is 1. The molecule has 136 valence electrons. The van der Waals surface area contributed by atoms with Gasteiger partial charge < -0.3 is 19.4 Å². The summed E-state index contributed by atoms with van der Waals surface area (Å²) in [7, 11) is 0. The molecule has 0 amide bonds. The number of likely N-dealkylation sites (tertiary alicyclic amines) is 1. The maximum absolute atomic E-state index is 12.0. The molecule has 1 unspecified atom stereocenters. The van der Waals surface area contributed by atoms with Gasteiger partial charge in [-0.25, -0.2) is 0 Å². The third kappa shape index (κ3) is 6.33. The Morgan fingerprint density at radius 2 is 2.33 bits per heavy atom. The number of halogens is 1. The molecule has 2 heterocycles. The third-order valence-corrected chi connectivity index (χ3v) is 3.88. The summed E-state index contributed by atoms with van der Waals surface area (Å²) in [6.07, 6.45) is 4.32. The molecular formula is C17H28IN3O3. The molecule has 1 atom stereocenters. The molecule has 7 heteroatoms. The van der Waals surface area contributed by atoms with Crippen LogP contribution in [0.25, 0.3) is 0 Å². The minimum absolute atomic E-state index is 0. The Bertz CT molecular complexity index is 505. The summed E-state index contributed by atoms with van der Waals surface area (Å²) in [5.41, 5.74) is 0. The first-order chi connectivity index (χ1) is 11.2. The number of esters is 1. The molecule has 0 spiro atoms. The van der Waals surface area contributed by atoms with Gasteiger partial charge in [-0.2, -0.15) is 0 Å². The van der Waals surface area contributed by atoms with Crippen molar-refractivity contribution in [3.63, 3.8) is 0 Å². The van der Waals surface area contributed by atoms with Crippen LogP contribution in [-0.2, 0) is 16.0 Å². The summed E-state index contributed by atoms with van der Waals surface area (Å²) in [5, 5.41) is 3.32. The number of nitrogens with one attached hydrogen (secondary N) is 1. The number of guanidine groups is 1. The van der Waals surface area contributed by atoms with E-state index in [-0.39, 0.29) is 35.9 Å². The molecule has 1 aliphatic heterocycles. The van der Waals surface area contributed by atoms with Gasteiger partial charge in [0.2, 0.25) is 0 Å². The van der Waals surface area contributed by atoms with Gasteiger partial charge >= 0.3 is 5.97 Å². The molecule has 1 N–H and O–H groups in total. The fourth-order valence-corrected chi connectivity index (χ4v) is 2.77. The van der Waals surface area contributed by atoms with Crippen LogP contribution in [0.15, 0.2) is 27.8 Å². The highest BCUT2D eigenvalue weighted by Crippen LogP contribution is 2.18. The van der Waals surface area contributed by atoms with E-state index in [1.165, 1.54) is 0 Å². The van der Waals surface area contributed by atoms with Crippen molar-refractivity contribution >= 4 is 35.9 Å². The third-order valence-electron chi connectivity index (χ3n) is 3.88. The molecule has 1 fully saturated rings. The Hall–Kier alpha value is -1.25. The number of carbonyl (C=O) groups is 1. The summed E-state index contributed by atoms with van der Waals surface area (Å²) in [4.78, 5) is 18.8. The number of hydrogen-bond donors (Lipinski definition) is 1. The standard InChI is InChI=1S/C17H27N3O3.HI/c1-3-18-17(19-10-9-15-8-6-12-23-15)20-11-5-7-14(13-20)16(21)22-4-2;/h6,8,12,14H,3-5,7,9-11,13H2,1-2H3,(H,18,19);1H. The van der Waals surface area contributed by atoms with Crippen LogP contribution in [0.2, 0.25) is 0 Å². The zero-order valence-electron chi connectivity index (χ0n) is 14.5. The largest absolute Gasteiger partial charge is 0.469 e. The highest BCUT2D eigenvalue weighted by atomic mass is 127. The minimum Gasteiger partial charge on any atom is -0.469 e. The first-order valence-electron chi connectivity index (χ1n) is 8.46. The van der Waals surface area contributed by atoms with E-state index in [0.717, 1.165) is 44.1 Å². The molecule has 24 heavy (non-hydrogen) atoms. The van der Waals surface area contributed by atoms with Crippen molar-refractivity contribution in [3.8, 4) is 0 Å². The predicted octanol–water partition coefficient (Wildman–Crippen LogP) is 2.68. The molecule has 1 aliphatic rings. The van der Waals surface area contributed by atoms with E-state index in [2.05, 4.69) is 22.1 Å². The second-order valence-corrected chi connectivity index (χ2v) is 5.60. The van der Waals surface area contributed by atoms with E-state index < -0.39 is 0 Å². The lowest BCUT2D eigenvalue weighted by atomic mass is 9.98. The lowest BCUT2D eigenvalue weighted by molar-refractivity contribution is -0.149. The predicted molar refractivity (Wildman–Crippen MR) is 105 cm³/mol. The van der Waals surface area contributed by atoms with Crippen molar-refractivity contribution in [3.05, 3.63) is 24.2 Å². The quantitative estimate of drug-likeness (QED) is 0.313. The van der Waals surface area contributed by atoms with Gasteiger partial charge in [0.05, 0.1) is 18.8 Å². The van der Waals surface area contributed by atoms with Gasteiger partial charge in [-0.15, -0.1) is 24.0 Å². The fourth-order valence-electron chi connectivity index (χ4n) is 2.77. The topological polar surface area (TPSA) is 67.1 Å². The second kappa shape index (κ2) is 11.3. The normalized spacial score (nSPS) is 18.0. The van der Waals surface area contributed by atoms with Crippen molar-refractivity contribution in [2.24, 2.45) is 10.9 Å². The van der Waals surface area contributed by atoms with Crippen molar-refractivity contribution in [2.45, 2.75) is 33.1 Å². The van der Waals surface area contributed by atoms with Gasteiger partial charge in [0.25, 0.3) is 0 Å². The van der Waals surface area contributed by atoms with Crippen LogP contribution in [-0.4, -0.2) is 49.6 Å². The highest BCUT2D eigenvalue weighted by Gasteiger charge is 2.28. The molecule has 0 radical (unpaired) electrons. The van der Waals surface area contributed by atoms with Gasteiger partial charge in [-0.3, -0.25) is 9.79 Å². The van der Waals surface area contributed by atoms with Crippen molar-refractivity contribution in [1.82, 2.24) is 10.2 Å². The van der Waals surface area contributed by atoms with Gasteiger partial charge in [-0.05, 0) is 38.8 Å². The van der Waals surface area contributed by atoms with Gasteiger partial charge in [0, 0.05) is 32.6 Å². The van der Waals surface area contributed by atoms with Gasteiger partial charge in [0.1, 0.15) is 5.76 Å². The van der Waals surface area contributed by atoms with E-state index in [0.29, 0.717) is 19.7 Å². The average molecular weight is 449 g/mol. The van der Waals surface area contributed by atoms with Crippen molar-refractivity contribution in [2.75, 3.05) is 32.8 Å². The Kier molecular flexibility index (Phi) is 9.82. The lowest BCUT2D eigenvalue weighted by Gasteiger charge is -2.34. The Labute approximate surface area is 161 Å². The van der Waals surface area contributed by atoms with Crippen LogP contribution in [0, 0.1) is 5.92 Å². The minimum atomic E-state index is -0.0939. The SMILES string of the molecule is CCNC(=NCCc1ccco1)N1CCCC(C(=O)OCC)C1.I. The molecule has 0 bridgehead atoms. The Morgan fingerprint density at radius 3 is 3.00 bits per heavy atom. The Balaban J connectivity index is 0.00000288. The molecule has 0 aliphatic carbocycles. The zero-order valence-corrected chi connectivity index (χ0v) is 16.8. The number of nitrogens with zero attached hydrogens (tertiary/aromatic N) is 2. The molecule has 1 aromatic rings. The number of aliphatic imine (C=N–C) groups is 1. The van der Waals surface area contributed by atoms with E-state index in [1.807, 2.05) is 19.1 Å². The lowest BCUT2D eigenvalue weighted by Crippen LogP contribution is -2.48. The second-order valence-electron chi connectivity index (χ2n) is 5.60. The first kappa shape index (κ1) is 20.8. The molecular weight excluding hydrogens is 421 g/mol. The maximum Gasteiger partial charge on any atom is 0.310 e. The number of rotatable bonds is 6. The monoisotopic (exact) mass is 449 g/mol. The molecule has 6 nitrogen and oxygen atoms in total. The average Bonchev–Trinajstić information content (AvgIpc) is 3.08. The molecule has 1 saturated heterocycles. The van der Waals surface area contributed by atoms with Crippen LogP contribution < -0.4 is 5.32 Å². The van der Waals surface area contributed by atoms with Crippen LogP contribution in [0.1, 0.15) is 32.4 Å². The van der Waals surface area contributed by atoms with Crippen molar-refractivity contribution in [1.29, 1.82) is 0 Å². The fraction of sp³-hybridized carbons (Fsp3) is 0.647. The summed E-state index contributed by atoms with van der Waals surface area (Å²) in [6, 6.07) is 3.85. The summed E-state index contributed by atoms with van der Waals surface area (Å²) in [6.45, 7) is 7.39. The van der Waals surface area contributed by atoms with Crippen LogP contribution in [0.5, 0.6) is 0 Å². The van der Waals surface area contributed by atoms with E-state index in [1.54, 1.807) is 6.26 Å². The zero-order chi connectivity index (χ0) is 16.5. The molecule has 0 saturated carbocycles. The Morgan fingerprint density at radius 1 is 1.50 bits per heavy atom. The van der Waals surface area contributed by atoms with Crippen LogP contribution in [0.4, 0.5) is 0 Å². The summed E-state index contributed by atoms with van der Waals surface area (Å²) >= 11 is 0.